The highest BCUT2D eigenvalue weighted by Crippen LogP contribution is 2.21. The van der Waals surface area contributed by atoms with E-state index in [-0.39, 0.29) is 18.8 Å². The van der Waals surface area contributed by atoms with Crippen molar-refractivity contribution in [1.82, 2.24) is 10.3 Å². The Labute approximate surface area is 209 Å². The van der Waals surface area contributed by atoms with Crippen LogP contribution < -0.4 is 10.6 Å². The van der Waals surface area contributed by atoms with E-state index >= 15 is 0 Å². The van der Waals surface area contributed by atoms with Gasteiger partial charge in [-0.05, 0) is 48.2 Å². The maximum Gasteiger partial charge on any atom is 0.337 e. The second-order valence-electron chi connectivity index (χ2n) is 9.11. The Morgan fingerprint density at radius 3 is 2.33 bits per heavy atom. The highest BCUT2D eigenvalue weighted by atomic mass is 16.5. The quantitative estimate of drug-likeness (QED) is 0.300. The molecule has 0 aliphatic heterocycles. The Morgan fingerprint density at radius 2 is 1.69 bits per heavy atom. The number of aromatic amines is 1. The number of carboxylic acid groups (broad SMARTS) is 1. The lowest BCUT2D eigenvalue weighted by molar-refractivity contribution is -0.141. The first-order chi connectivity index (χ1) is 17.2. The number of methoxy groups -OCH3 is 1. The van der Waals surface area contributed by atoms with Gasteiger partial charge in [-0.1, -0.05) is 32.0 Å². The summed E-state index contributed by atoms with van der Waals surface area (Å²) in [6, 6.07) is 12.9. The number of aromatic nitrogens is 1. The third-order valence-electron chi connectivity index (χ3n) is 5.85. The molecule has 0 aliphatic carbocycles. The topological polar surface area (TPSA) is 138 Å². The van der Waals surface area contributed by atoms with Crippen molar-refractivity contribution in [1.29, 1.82) is 0 Å². The Morgan fingerprint density at radius 1 is 1.00 bits per heavy atom. The second-order valence-corrected chi connectivity index (χ2v) is 9.11. The van der Waals surface area contributed by atoms with Crippen LogP contribution in [0.4, 0.5) is 5.69 Å². The third kappa shape index (κ3) is 6.94. The molecule has 9 nitrogen and oxygen atoms in total. The van der Waals surface area contributed by atoms with Crippen molar-refractivity contribution >= 4 is 40.3 Å². The number of aliphatic carboxylic acids is 1. The predicted octanol–water partition coefficient (Wildman–Crippen LogP) is 3.76. The molecule has 0 fully saturated rings. The number of nitrogens with one attached hydrogen (secondary N) is 3. The minimum Gasteiger partial charge on any atom is -0.481 e. The van der Waals surface area contributed by atoms with E-state index in [9.17, 15) is 24.3 Å². The molecule has 9 heteroatoms. The molecule has 3 rings (SSSR count). The lowest BCUT2D eigenvalue weighted by Crippen LogP contribution is -2.47. The Kier molecular flexibility index (Phi) is 8.83. The maximum absolute atomic E-state index is 13.3. The zero-order chi connectivity index (χ0) is 26.2. The Balaban J connectivity index is 1.84. The van der Waals surface area contributed by atoms with Crippen molar-refractivity contribution in [2.45, 2.75) is 39.2 Å². The van der Waals surface area contributed by atoms with Crippen LogP contribution in [0.1, 0.15) is 42.6 Å². The number of fused-ring (bicyclic) bond motifs is 1. The minimum atomic E-state index is -1.07. The van der Waals surface area contributed by atoms with E-state index in [4.69, 9.17) is 4.74 Å². The lowest BCUT2D eigenvalue weighted by Gasteiger charge is -2.23. The number of carboxylic acids is 1. The van der Waals surface area contributed by atoms with Gasteiger partial charge in [-0.3, -0.25) is 14.4 Å². The molecule has 1 aromatic heterocycles. The van der Waals surface area contributed by atoms with Crippen LogP contribution in [-0.2, 0) is 25.5 Å². The average molecular weight is 494 g/mol. The monoisotopic (exact) mass is 493 g/mol. The Bertz CT molecular complexity index is 1230. The van der Waals surface area contributed by atoms with Crippen LogP contribution in [0.3, 0.4) is 0 Å². The largest absolute Gasteiger partial charge is 0.481 e. The molecule has 0 saturated carbocycles. The van der Waals surface area contributed by atoms with Crippen LogP contribution in [0.5, 0.6) is 0 Å². The van der Waals surface area contributed by atoms with E-state index in [0.717, 1.165) is 16.5 Å². The van der Waals surface area contributed by atoms with Crippen molar-refractivity contribution in [3.05, 3.63) is 65.9 Å². The smallest absolute Gasteiger partial charge is 0.337 e. The first-order valence-electron chi connectivity index (χ1n) is 11.7. The third-order valence-corrected chi connectivity index (χ3v) is 5.85. The molecular formula is C27H31N3O6. The standard InChI is InChI=1S/C27H31N3O6/c1-16(2)12-18(14-24(31)32)25(33)30-23(13-19-15-28-22-7-5-4-6-21(19)22)26(34)29-20-10-8-17(9-11-20)27(35)36-3/h4-11,15-16,18,23,28H,12-14H2,1-3H3,(H,29,34)(H,30,33)(H,31,32). The van der Waals surface area contributed by atoms with Crippen LogP contribution in [0, 0.1) is 11.8 Å². The molecule has 0 spiro atoms. The molecule has 1 heterocycles. The minimum absolute atomic E-state index is 0.106. The molecule has 190 valence electrons. The van der Waals surface area contributed by atoms with E-state index in [2.05, 4.69) is 15.6 Å². The van der Waals surface area contributed by atoms with Gasteiger partial charge >= 0.3 is 11.9 Å². The van der Waals surface area contributed by atoms with E-state index in [1.807, 2.05) is 38.1 Å². The van der Waals surface area contributed by atoms with Crippen LogP contribution in [0.2, 0.25) is 0 Å². The second kappa shape index (κ2) is 12.0. The number of carbonyl (C=O) groups excluding carboxylic acids is 3. The van der Waals surface area contributed by atoms with Crippen molar-refractivity contribution in [3.8, 4) is 0 Å². The number of ether oxygens (including phenoxy) is 1. The number of H-pyrrole nitrogens is 1. The first-order valence-corrected chi connectivity index (χ1v) is 11.7. The summed E-state index contributed by atoms with van der Waals surface area (Å²) in [5, 5.41) is 15.8. The molecule has 2 unspecified atom stereocenters. The summed E-state index contributed by atoms with van der Waals surface area (Å²) in [6.45, 7) is 3.83. The predicted molar refractivity (Wildman–Crippen MR) is 136 cm³/mol. The van der Waals surface area contributed by atoms with E-state index < -0.39 is 35.7 Å². The fourth-order valence-electron chi connectivity index (χ4n) is 4.12. The van der Waals surface area contributed by atoms with Crippen LogP contribution in [-0.4, -0.2) is 47.0 Å². The van der Waals surface area contributed by atoms with Gasteiger partial charge in [0, 0.05) is 35.1 Å². The summed E-state index contributed by atoms with van der Waals surface area (Å²) in [5.41, 5.74) is 2.52. The molecule has 4 N–H and O–H groups in total. The molecular weight excluding hydrogens is 462 g/mol. The number of hydrogen-bond acceptors (Lipinski definition) is 5. The highest BCUT2D eigenvalue weighted by molar-refractivity contribution is 5.99. The van der Waals surface area contributed by atoms with Gasteiger partial charge < -0.3 is 25.5 Å². The molecule has 0 radical (unpaired) electrons. The van der Waals surface area contributed by atoms with Gasteiger partial charge in [0.1, 0.15) is 6.04 Å². The summed E-state index contributed by atoms with van der Waals surface area (Å²) in [7, 11) is 1.28. The van der Waals surface area contributed by atoms with Crippen molar-refractivity contribution in [2.75, 3.05) is 12.4 Å². The van der Waals surface area contributed by atoms with E-state index in [0.29, 0.717) is 17.7 Å². The average Bonchev–Trinajstić information content (AvgIpc) is 3.25. The van der Waals surface area contributed by atoms with Crippen LogP contribution in [0.25, 0.3) is 10.9 Å². The summed E-state index contributed by atoms with van der Waals surface area (Å²) >= 11 is 0. The molecule has 2 atom stereocenters. The first kappa shape index (κ1) is 26.5. The number of hydrogen-bond donors (Lipinski definition) is 4. The van der Waals surface area contributed by atoms with E-state index in [1.165, 1.54) is 19.2 Å². The summed E-state index contributed by atoms with van der Waals surface area (Å²) < 4.78 is 4.69. The summed E-state index contributed by atoms with van der Waals surface area (Å²) in [4.78, 5) is 52.6. The molecule has 2 aromatic carbocycles. The van der Waals surface area contributed by atoms with Gasteiger partial charge in [-0.15, -0.1) is 0 Å². The fourth-order valence-corrected chi connectivity index (χ4v) is 4.12. The normalized spacial score (nSPS) is 12.7. The number of para-hydroxylation sites is 1. The molecule has 0 bridgehead atoms. The SMILES string of the molecule is COC(=O)c1ccc(NC(=O)C(Cc2c[nH]c3ccccc23)NC(=O)C(CC(=O)O)CC(C)C)cc1. The van der Waals surface area contributed by atoms with Crippen LogP contribution in [0.15, 0.2) is 54.7 Å². The number of anilines is 1. The van der Waals surface area contributed by atoms with Gasteiger partial charge in [-0.2, -0.15) is 0 Å². The number of esters is 1. The van der Waals surface area contributed by atoms with Crippen LogP contribution >= 0.6 is 0 Å². The van der Waals surface area contributed by atoms with Crippen molar-refractivity contribution in [3.63, 3.8) is 0 Å². The number of amides is 2. The molecule has 2 amide bonds. The van der Waals surface area contributed by atoms with Gasteiger partial charge in [0.2, 0.25) is 11.8 Å². The van der Waals surface area contributed by atoms with E-state index in [1.54, 1.807) is 18.3 Å². The summed E-state index contributed by atoms with van der Waals surface area (Å²) in [6.07, 6.45) is 2.06. The van der Waals surface area contributed by atoms with Gasteiger partial charge in [0.15, 0.2) is 0 Å². The van der Waals surface area contributed by atoms with Crippen molar-refractivity contribution in [2.24, 2.45) is 11.8 Å². The number of carbonyl (C=O) groups is 4. The van der Waals surface area contributed by atoms with Gasteiger partial charge in [-0.25, -0.2) is 4.79 Å². The molecule has 3 aromatic rings. The molecule has 36 heavy (non-hydrogen) atoms. The number of benzene rings is 2. The van der Waals surface area contributed by atoms with Gasteiger partial charge in [0.05, 0.1) is 19.1 Å². The molecule has 0 saturated heterocycles. The number of rotatable bonds is 11. The van der Waals surface area contributed by atoms with Crippen molar-refractivity contribution < 1.29 is 29.0 Å². The molecule has 0 aliphatic rings. The Hall–Kier alpha value is -4.14. The zero-order valence-electron chi connectivity index (χ0n) is 20.5. The maximum atomic E-state index is 13.3. The fraction of sp³-hybridized carbons (Fsp3) is 0.333. The lowest BCUT2D eigenvalue weighted by atomic mass is 9.92. The summed E-state index contributed by atoms with van der Waals surface area (Å²) in [5.74, 6) is -3.16. The zero-order valence-corrected chi connectivity index (χ0v) is 20.5. The van der Waals surface area contributed by atoms with Gasteiger partial charge in [0.25, 0.3) is 0 Å². The highest BCUT2D eigenvalue weighted by Gasteiger charge is 2.28.